The third-order valence-electron chi connectivity index (χ3n) is 5.99. The summed E-state index contributed by atoms with van der Waals surface area (Å²) in [6, 6.07) is 6.05. The lowest BCUT2D eigenvalue weighted by molar-refractivity contribution is 0.0679. The van der Waals surface area contributed by atoms with Gasteiger partial charge in [-0.1, -0.05) is 11.6 Å². The van der Waals surface area contributed by atoms with E-state index in [-0.39, 0.29) is 45.9 Å². The maximum absolute atomic E-state index is 13.2. The van der Waals surface area contributed by atoms with Crippen LogP contribution in [0.3, 0.4) is 0 Å². The van der Waals surface area contributed by atoms with E-state index in [2.05, 4.69) is 20.3 Å². The number of hydrogen-bond donors (Lipinski definition) is 3. The number of carbonyl (C=O) groups is 2. The zero-order valence-corrected chi connectivity index (χ0v) is 19.6. The Labute approximate surface area is 200 Å². The Bertz CT molecular complexity index is 1310. The van der Waals surface area contributed by atoms with Gasteiger partial charge >= 0.3 is 6.01 Å². The van der Waals surface area contributed by atoms with Gasteiger partial charge in [0.1, 0.15) is 11.2 Å². The zero-order chi connectivity index (χ0) is 24.4. The highest BCUT2D eigenvalue weighted by Crippen LogP contribution is 2.27. The van der Waals surface area contributed by atoms with E-state index in [1.54, 1.807) is 11.0 Å². The maximum Gasteiger partial charge on any atom is 0.318 e. The number of H-pyrrole nitrogens is 1. The van der Waals surface area contributed by atoms with Crippen LogP contribution in [0.2, 0.25) is 5.02 Å². The lowest BCUT2D eigenvalue weighted by Gasteiger charge is -2.31. The second-order valence-electron chi connectivity index (χ2n) is 8.07. The standard InChI is InChI=1S/C23H25ClN6O4/c1-3-30(18-6-4-5-16(18)25)22(33)12-7-8-15(24)17(10-12)27-20(31)14-9-13-11-26-23(34-2)29-19(13)28-21(14)32/h7-11,16,18H,3-6,25H2,1-2H3,(H,27,31)(H,26,28,29,32). The van der Waals surface area contributed by atoms with Gasteiger partial charge < -0.3 is 25.7 Å². The van der Waals surface area contributed by atoms with Crippen molar-refractivity contribution >= 4 is 40.1 Å². The smallest absolute Gasteiger partial charge is 0.318 e. The molecule has 10 nitrogen and oxygen atoms in total. The van der Waals surface area contributed by atoms with Crippen LogP contribution in [0.5, 0.6) is 6.01 Å². The summed E-state index contributed by atoms with van der Waals surface area (Å²) in [5.41, 5.74) is 6.24. The number of amides is 2. The number of likely N-dealkylation sites (N-methyl/N-ethyl adjacent to an activating group) is 1. The van der Waals surface area contributed by atoms with E-state index in [0.717, 1.165) is 19.3 Å². The predicted octanol–water partition coefficient (Wildman–Crippen LogP) is 2.57. The molecule has 4 N–H and O–H groups in total. The molecule has 0 bridgehead atoms. The minimum Gasteiger partial charge on any atom is -0.467 e. The first kappa shape index (κ1) is 23.7. The van der Waals surface area contributed by atoms with Crippen LogP contribution in [0.25, 0.3) is 11.0 Å². The van der Waals surface area contributed by atoms with Gasteiger partial charge in [0.2, 0.25) is 0 Å². The van der Waals surface area contributed by atoms with Gasteiger partial charge in [-0.25, -0.2) is 4.98 Å². The van der Waals surface area contributed by atoms with E-state index in [1.165, 1.54) is 31.5 Å². The third kappa shape index (κ3) is 4.59. The lowest BCUT2D eigenvalue weighted by Crippen LogP contribution is -2.47. The number of nitrogens with zero attached hydrogens (tertiary/aromatic N) is 3. The first-order chi connectivity index (χ1) is 16.3. The Hall–Kier alpha value is -3.50. The molecule has 1 aliphatic carbocycles. The Morgan fingerprint density at radius 1 is 1.32 bits per heavy atom. The normalized spacial score (nSPS) is 17.5. The molecule has 1 saturated carbocycles. The molecule has 0 saturated heterocycles. The molecule has 2 amide bonds. The molecule has 0 spiro atoms. The summed E-state index contributed by atoms with van der Waals surface area (Å²) in [4.78, 5) is 51.0. The number of fused-ring (bicyclic) bond motifs is 1. The Balaban J connectivity index is 1.60. The monoisotopic (exact) mass is 484 g/mol. The maximum atomic E-state index is 13.2. The van der Waals surface area contributed by atoms with Crippen molar-refractivity contribution in [2.45, 2.75) is 38.3 Å². The molecule has 1 aromatic carbocycles. The molecule has 2 atom stereocenters. The topological polar surface area (TPSA) is 143 Å². The van der Waals surface area contributed by atoms with Crippen molar-refractivity contribution in [2.24, 2.45) is 5.73 Å². The van der Waals surface area contributed by atoms with Crippen LogP contribution in [-0.4, -0.2) is 57.4 Å². The van der Waals surface area contributed by atoms with Crippen molar-refractivity contribution in [2.75, 3.05) is 19.0 Å². The van der Waals surface area contributed by atoms with Crippen LogP contribution in [0, 0.1) is 0 Å². The number of methoxy groups -OCH3 is 1. The van der Waals surface area contributed by atoms with Gasteiger partial charge in [-0.3, -0.25) is 14.4 Å². The van der Waals surface area contributed by atoms with Crippen molar-refractivity contribution in [1.82, 2.24) is 19.9 Å². The fraction of sp³-hybridized carbons (Fsp3) is 0.348. The van der Waals surface area contributed by atoms with Gasteiger partial charge in [-0.15, -0.1) is 0 Å². The Morgan fingerprint density at radius 2 is 2.12 bits per heavy atom. The van der Waals surface area contributed by atoms with Crippen molar-refractivity contribution in [1.29, 1.82) is 0 Å². The van der Waals surface area contributed by atoms with Gasteiger partial charge in [0.25, 0.3) is 17.4 Å². The zero-order valence-electron chi connectivity index (χ0n) is 18.8. The second-order valence-corrected chi connectivity index (χ2v) is 8.48. The third-order valence-corrected chi connectivity index (χ3v) is 6.32. The average molecular weight is 485 g/mol. The van der Waals surface area contributed by atoms with Gasteiger partial charge in [0, 0.05) is 35.8 Å². The average Bonchev–Trinajstić information content (AvgIpc) is 3.25. The first-order valence-electron chi connectivity index (χ1n) is 10.9. The summed E-state index contributed by atoms with van der Waals surface area (Å²) in [6.45, 7) is 2.42. The summed E-state index contributed by atoms with van der Waals surface area (Å²) in [5, 5.41) is 3.32. The molecular formula is C23H25ClN6O4. The molecule has 2 unspecified atom stereocenters. The van der Waals surface area contributed by atoms with Gasteiger partial charge in [0.05, 0.1) is 17.8 Å². The van der Waals surface area contributed by atoms with Gasteiger partial charge in [-0.05, 0) is 50.5 Å². The van der Waals surface area contributed by atoms with Crippen molar-refractivity contribution in [3.8, 4) is 6.01 Å². The number of ether oxygens (including phenoxy) is 1. The number of rotatable bonds is 6. The van der Waals surface area contributed by atoms with E-state index in [9.17, 15) is 14.4 Å². The summed E-state index contributed by atoms with van der Waals surface area (Å²) in [6.07, 6.45) is 4.16. The van der Waals surface area contributed by atoms with Gasteiger partial charge in [0.15, 0.2) is 0 Å². The van der Waals surface area contributed by atoms with Crippen molar-refractivity contribution in [3.05, 3.63) is 57.0 Å². The Kier molecular flexibility index (Phi) is 6.80. The van der Waals surface area contributed by atoms with E-state index in [1.807, 2.05) is 6.92 Å². The molecule has 11 heteroatoms. The highest BCUT2D eigenvalue weighted by atomic mass is 35.5. The quantitative estimate of drug-likeness (QED) is 0.487. The number of nitrogens with one attached hydrogen (secondary N) is 2. The molecule has 0 radical (unpaired) electrons. The molecule has 4 rings (SSSR count). The number of aromatic nitrogens is 3. The predicted molar refractivity (Wildman–Crippen MR) is 128 cm³/mol. The molecule has 3 aromatic rings. The van der Waals surface area contributed by atoms with Crippen LogP contribution < -0.4 is 21.3 Å². The molecule has 34 heavy (non-hydrogen) atoms. The number of hydrogen-bond acceptors (Lipinski definition) is 7. The SMILES string of the molecule is CCN(C(=O)c1ccc(Cl)c(NC(=O)c2cc3cnc(OC)nc3[nH]c2=O)c1)C1CCCC1N. The molecule has 1 aliphatic rings. The highest BCUT2D eigenvalue weighted by Gasteiger charge is 2.32. The van der Waals surface area contributed by atoms with Crippen LogP contribution in [0.4, 0.5) is 5.69 Å². The van der Waals surface area contributed by atoms with Crippen LogP contribution >= 0.6 is 11.6 Å². The minimum absolute atomic E-state index is 0.0248. The van der Waals surface area contributed by atoms with E-state index >= 15 is 0 Å². The number of benzene rings is 1. The second kappa shape index (κ2) is 9.78. The molecule has 2 aromatic heterocycles. The largest absolute Gasteiger partial charge is 0.467 e. The Morgan fingerprint density at radius 3 is 2.79 bits per heavy atom. The van der Waals surface area contributed by atoms with Crippen LogP contribution in [0.1, 0.15) is 46.9 Å². The van der Waals surface area contributed by atoms with E-state index in [0.29, 0.717) is 17.5 Å². The molecule has 0 aliphatic heterocycles. The molecule has 1 fully saturated rings. The summed E-state index contributed by atoms with van der Waals surface area (Å²) < 4.78 is 4.95. The van der Waals surface area contributed by atoms with Crippen LogP contribution in [0.15, 0.2) is 35.3 Å². The van der Waals surface area contributed by atoms with Crippen LogP contribution in [-0.2, 0) is 0 Å². The molecular weight excluding hydrogens is 460 g/mol. The van der Waals surface area contributed by atoms with Crippen molar-refractivity contribution < 1.29 is 14.3 Å². The van der Waals surface area contributed by atoms with Gasteiger partial charge in [-0.2, -0.15) is 4.98 Å². The van der Waals surface area contributed by atoms with E-state index < -0.39 is 11.5 Å². The summed E-state index contributed by atoms with van der Waals surface area (Å²) >= 11 is 6.28. The van der Waals surface area contributed by atoms with Crippen molar-refractivity contribution in [3.63, 3.8) is 0 Å². The number of pyridine rings is 1. The minimum atomic E-state index is -0.685. The first-order valence-corrected chi connectivity index (χ1v) is 11.3. The number of halogens is 1. The lowest BCUT2D eigenvalue weighted by atomic mass is 10.1. The molecule has 178 valence electrons. The number of carbonyl (C=O) groups excluding carboxylic acids is 2. The number of aromatic amines is 1. The summed E-state index contributed by atoms with van der Waals surface area (Å²) in [5.74, 6) is -0.873. The number of anilines is 1. The van der Waals surface area contributed by atoms with E-state index in [4.69, 9.17) is 22.1 Å². The fourth-order valence-electron chi connectivity index (χ4n) is 4.24. The highest BCUT2D eigenvalue weighted by molar-refractivity contribution is 6.34. The fourth-order valence-corrected chi connectivity index (χ4v) is 4.40. The summed E-state index contributed by atoms with van der Waals surface area (Å²) in [7, 11) is 1.41. The number of nitrogens with two attached hydrogens (primary N) is 1. The molecule has 2 heterocycles.